The van der Waals surface area contributed by atoms with Gasteiger partial charge in [-0.05, 0) is 31.7 Å². The average Bonchev–Trinajstić information content (AvgIpc) is 2.44. The summed E-state index contributed by atoms with van der Waals surface area (Å²) < 4.78 is 14.4. The van der Waals surface area contributed by atoms with Crippen molar-refractivity contribution >= 4 is 5.84 Å². The van der Waals surface area contributed by atoms with Gasteiger partial charge in [-0.25, -0.2) is 4.39 Å². The summed E-state index contributed by atoms with van der Waals surface area (Å²) in [5.74, 6) is 0.0548. The molecule has 1 aliphatic rings. The van der Waals surface area contributed by atoms with E-state index in [9.17, 15) is 4.39 Å². The van der Waals surface area contributed by atoms with E-state index in [0.29, 0.717) is 24.1 Å². The number of nitrogens with zero attached hydrogens (tertiary/aromatic N) is 2. The van der Waals surface area contributed by atoms with E-state index in [1.54, 1.807) is 12.1 Å². The van der Waals surface area contributed by atoms with Gasteiger partial charge in [-0.1, -0.05) is 24.2 Å². The fourth-order valence-electron chi connectivity index (χ4n) is 2.77. The maximum absolute atomic E-state index is 14.4. The lowest BCUT2D eigenvalue weighted by Gasteiger charge is -2.36. The summed E-state index contributed by atoms with van der Waals surface area (Å²) in [7, 11) is 0. The minimum absolute atomic E-state index is 0.155. The summed E-state index contributed by atoms with van der Waals surface area (Å²) in [4.78, 5) is 2.29. The maximum Gasteiger partial charge on any atom is 0.173 e. The van der Waals surface area contributed by atoms with Gasteiger partial charge in [-0.3, -0.25) is 4.90 Å². The molecule has 0 saturated carbocycles. The van der Waals surface area contributed by atoms with Gasteiger partial charge < -0.3 is 10.9 Å². The number of hydrogen-bond acceptors (Lipinski definition) is 3. The summed E-state index contributed by atoms with van der Waals surface area (Å²) in [6, 6.07) is 5.48. The number of hydrogen-bond donors (Lipinski definition) is 2. The molecule has 2 atom stereocenters. The summed E-state index contributed by atoms with van der Waals surface area (Å²) in [6.45, 7) is 5.94. The predicted octanol–water partition coefficient (Wildman–Crippen LogP) is 2.54. The van der Waals surface area contributed by atoms with Gasteiger partial charge in [0.25, 0.3) is 0 Å². The molecule has 0 spiro atoms. The molecule has 1 saturated heterocycles. The van der Waals surface area contributed by atoms with E-state index >= 15 is 0 Å². The third kappa shape index (κ3) is 3.10. The van der Waals surface area contributed by atoms with E-state index in [2.05, 4.69) is 23.9 Å². The predicted molar refractivity (Wildman–Crippen MR) is 77.2 cm³/mol. The van der Waals surface area contributed by atoms with Gasteiger partial charge >= 0.3 is 0 Å². The van der Waals surface area contributed by atoms with Crippen LogP contribution in [0.5, 0.6) is 0 Å². The van der Waals surface area contributed by atoms with Crippen molar-refractivity contribution in [2.75, 3.05) is 6.54 Å². The fraction of sp³-hybridized carbons (Fsp3) is 0.533. The topological polar surface area (TPSA) is 61.8 Å². The van der Waals surface area contributed by atoms with Crippen molar-refractivity contribution < 1.29 is 9.60 Å². The Kier molecular flexibility index (Phi) is 4.60. The van der Waals surface area contributed by atoms with Gasteiger partial charge in [-0.15, -0.1) is 0 Å². The summed E-state index contributed by atoms with van der Waals surface area (Å²) in [5, 5.41) is 11.6. The third-order valence-corrected chi connectivity index (χ3v) is 4.08. The lowest BCUT2D eigenvalue weighted by molar-refractivity contribution is 0.116. The molecule has 1 aliphatic heterocycles. The van der Waals surface area contributed by atoms with Crippen LogP contribution < -0.4 is 5.73 Å². The van der Waals surface area contributed by atoms with Gasteiger partial charge in [0.05, 0.1) is 5.56 Å². The lowest BCUT2D eigenvalue weighted by atomic mass is 9.94. The zero-order chi connectivity index (χ0) is 14.7. The molecule has 2 unspecified atom stereocenters. The summed E-state index contributed by atoms with van der Waals surface area (Å²) in [5.41, 5.74) is 6.24. The molecule has 1 aromatic carbocycles. The number of nitrogens with two attached hydrogens (primary N) is 1. The lowest BCUT2D eigenvalue weighted by Crippen LogP contribution is -2.40. The van der Waals surface area contributed by atoms with Gasteiger partial charge in [0.2, 0.25) is 0 Å². The average molecular weight is 279 g/mol. The number of piperidine rings is 1. The van der Waals surface area contributed by atoms with Crippen LogP contribution in [0.15, 0.2) is 23.4 Å². The van der Waals surface area contributed by atoms with E-state index in [0.717, 1.165) is 13.0 Å². The summed E-state index contributed by atoms with van der Waals surface area (Å²) in [6.07, 6.45) is 2.37. The molecule has 1 aromatic rings. The van der Waals surface area contributed by atoms with Gasteiger partial charge in [-0.2, -0.15) is 0 Å². The Morgan fingerprint density at radius 3 is 2.90 bits per heavy atom. The van der Waals surface area contributed by atoms with Crippen LogP contribution >= 0.6 is 0 Å². The highest BCUT2D eigenvalue weighted by atomic mass is 19.1. The first-order chi connectivity index (χ1) is 9.52. The molecule has 110 valence electrons. The van der Waals surface area contributed by atoms with Gasteiger partial charge in [0.1, 0.15) is 5.82 Å². The van der Waals surface area contributed by atoms with Crippen LogP contribution in [0.4, 0.5) is 4.39 Å². The first-order valence-corrected chi connectivity index (χ1v) is 7.02. The molecular formula is C15H22FN3O. The minimum Gasteiger partial charge on any atom is -0.409 e. The first-order valence-electron chi connectivity index (χ1n) is 7.02. The third-order valence-electron chi connectivity index (χ3n) is 4.08. The molecule has 0 aromatic heterocycles. The van der Waals surface area contributed by atoms with Crippen molar-refractivity contribution in [3.05, 3.63) is 35.1 Å². The van der Waals surface area contributed by atoms with E-state index in [1.807, 2.05) is 0 Å². The maximum atomic E-state index is 14.4. The number of rotatable bonds is 3. The Balaban J connectivity index is 2.21. The molecule has 20 heavy (non-hydrogen) atoms. The second kappa shape index (κ2) is 6.22. The number of oxime groups is 1. The number of benzene rings is 1. The molecule has 0 bridgehead atoms. The van der Waals surface area contributed by atoms with Crippen molar-refractivity contribution in [3.8, 4) is 0 Å². The van der Waals surface area contributed by atoms with E-state index in [1.165, 1.54) is 12.5 Å². The van der Waals surface area contributed by atoms with Crippen LogP contribution in [0.3, 0.4) is 0 Å². The van der Waals surface area contributed by atoms with E-state index in [-0.39, 0.29) is 11.4 Å². The zero-order valence-corrected chi connectivity index (χ0v) is 12.0. The molecule has 0 aliphatic carbocycles. The Labute approximate surface area is 119 Å². The van der Waals surface area contributed by atoms with Gasteiger partial charge in [0.15, 0.2) is 5.84 Å². The zero-order valence-electron chi connectivity index (χ0n) is 12.0. The SMILES string of the molecule is CC1CCC(C)N(Cc2cccc(/C(N)=N/O)c2F)C1. The van der Waals surface area contributed by atoms with Crippen LogP contribution in [0.25, 0.3) is 0 Å². The van der Waals surface area contributed by atoms with Crippen LogP contribution in [-0.4, -0.2) is 28.5 Å². The second-order valence-corrected chi connectivity index (χ2v) is 5.72. The molecule has 4 nitrogen and oxygen atoms in total. The smallest absolute Gasteiger partial charge is 0.173 e. The molecule has 2 rings (SSSR count). The fourth-order valence-corrected chi connectivity index (χ4v) is 2.77. The van der Waals surface area contributed by atoms with Crippen molar-refractivity contribution in [2.45, 2.75) is 39.3 Å². The van der Waals surface area contributed by atoms with Gasteiger partial charge in [0, 0.05) is 24.7 Å². The van der Waals surface area contributed by atoms with Crippen LogP contribution in [-0.2, 0) is 6.54 Å². The highest BCUT2D eigenvalue weighted by Crippen LogP contribution is 2.24. The number of halogens is 1. The molecular weight excluding hydrogens is 257 g/mol. The van der Waals surface area contributed by atoms with Crippen LogP contribution in [0, 0.1) is 11.7 Å². The molecule has 0 amide bonds. The van der Waals surface area contributed by atoms with Crippen molar-refractivity contribution in [2.24, 2.45) is 16.8 Å². The molecule has 1 fully saturated rings. The second-order valence-electron chi connectivity index (χ2n) is 5.72. The Morgan fingerprint density at radius 2 is 2.20 bits per heavy atom. The Bertz CT molecular complexity index is 504. The Morgan fingerprint density at radius 1 is 1.45 bits per heavy atom. The minimum atomic E-state index is -0.395. The molecule has 0 radical (unpaired) electrons. The standard InChI is InChI=1S/C15H22FN3O/c1-10-6-7-11(2)19(8-10)9-12-4-3-5-13(14(12)16)15(17)18-20/h3-5,10-11,20H,6-9H2,1-2H3,(H2,17,18). The number of amidine groups is 1. The van der Waals surface area contributed by atoms with Crippen LogP contribution in [0.2, 0.25) is 0 Å². The van der Waals surface area contributed by atoms with Crippen molar-refractivity contribution in [1.82, 2.24) is 4.90 Å². The Hall–Kier alpha value is -1.62. The van der Waals surface area contributed by atoms with E-state index in [4.69, 9.17) is 10.9 Å². The van der Waals surface area contributed by atoms with Crippen molar-refractivity contribution in [3.63, 3.8) is 0 Å². The monoisotopic (exact) mass is 279 g/mol. The highest BCUT2D eigenvalue weighted by molar-refractivity contribution is 5.97. The highest BCUT2D eigenvalue weighted by Gasteiger charge is 2.24. The van der Waals surface area contributed by atoms with E-state index < -0.39 is 5.82 Å². The first kappa shape index (κ1) is 14.8. The normalized spacial score (nSPS) is 24.9. The van der Waals surface area contributed by atoms with Crippen molar-refractivity contribution in [1.29, 1.82) is 0 Å². The quantitative estimate of drug-likeness (QED) is 0.387. The van der Waals surface area contributed by atoms with Crippen LogP contribution in [0.1, 0.15) is 37.8 Å². The number of likely N-dealkylation sites (tertiary alicyclic amines) is 1. The largest absolute Gasteiger partial charge is 0.409 e. The molecule has 1 heterocycles. The molecule has 3 N–H and O–H groups in total. The summed E-state index contributed by atoms with van der Waals surface area (Å²) >= 11 is 0. The molecule has 5 heteroatoms.